The molecule has 2 aromatic carbocycles. The van der Waals surface area contributed by atoms with Gasteiger partial charge in [0.05, 0.1) is 16.5 Å². The Hall–Kier alpha value is -2.80. The molecule has 0 unspecified atom stereocenters. The highest BCUT2D eigenvalue weighted by Gasteiger charge is 2.28. The first-order chi connectivity index (χ1) is 11.5. The summed E-state index contributed by atoms with van der Waals surface area (Å²) in [4.78, 5) is 36.1. The summed E-state index contributed by atoms with van der Waals surface area (Å²) in [5.74, 6) is -1.62. The molecule has 2 aromatic rings. The Kier molecular flexibility index (Phi) is 4.52. The number of nitrogens with one attached hydrogen (secondary N) is 2. The molecule has 1 heterocycles. The molecule has 24 heavy (non-hydrogen) atoms. The summed E-state index contributed by atoms with van der Waals surface area (Å²) in [6.07, 6.45) is 0.00212. The lowest BCUT2D eigenvalue weighted by atomic mass is 10.2. The van der Waals surface area contributed by atoms with Gasteiger partial charge in [0.2, 0.25) is 11.8 Å². The number of hydrogen-bond acceptors (Lipinski definition) is 4. The van der Waals surface area contributed by atoms with E-state index in [1.807, 2.05) is 24.3 Å². The van der Waals surface area contributed by atoms with E-state index in [1.54, 1.807) is 12.1 Å². The van der Waals surface area contributed by atoms with Crippen LogP contribution in [0.4, 0.5) is 11.4 Å². The Morgan fingerprint density at radius 1 is 1.17 bits per heavy atom. The molecule has 1 aliphatic heterocycles. The van der Waals surface area contributed by atoms with Crippen molar-refractivity contribution < 1.29 is 19.5 Å². The monoisotopic (exact) mass is 342 g/mol. The maximum atomic E-state index is 12.2. The number of thioether (sulfide) groups is 1. The summed E-state index contributed by atoms with van der Waals surface area (Å²) < 4.78 is 0. The third-order valence-corrected chi connectivity index (χ3v) is 4.75. The van der Waals surface area contributed by atoms with E-state index in [0.29, 0.717) is 5.69 Å². The molecule has 7 heteroatoms. The van der Waals surface area contributed by atoms with E-state index in [-0.39, 0.29) is 23.8 Å². The molecule has 0 spiro atoms. The summed E-state index contributed by atoms with van der Waals surface area (Å²) in [6.45, 7) is 0. The Balaban J connectivity index is 1.66. The fourth-order valence-corrected chi connectivity index (χ4v) is 3.45. The first-order valence-corrected chi connectivity index (χ1v) is 8.10. The molecule has 3 rings (SSSR count). The maximum absolute atomic E-state index is 12.2. The van der Waals surface area contributed by atoms with Gasteiger partial charge in [0.15, 0.2) is 0 Å². The number of para-hydroxylation sites is 1. The molecular formula is C17H14N2O4S. The van der Waals surface area contributed by atoms with E-state index in [1.165, 1.54) is 23.9 Å². The standard InChI is InChI=1S/C17H14N2O4S/c20-15(18-11-5-3-4-10(8-11)17(22)23)9-14-16(21)19-12-6-1-2-7-13(12)24-14/h1-8,14H,9H2,(H,18,20)(H,19,21)(H,22,23)/t14-/m0/s1. The normalized spacial score (nSPS) is 16.0. The number of carboxylic acid groups (broad SMARTS) is 1. The highest BCUT2D eigenvalue weighted by molar-refractivity contribution is 8.01. The van der Waals surface area contributed by atoms with Crippen LogP contribution in [-0.2, 0) is 9.59 Å². The van der Waals surface area contributed by atoms with Gasteiger partial charge in [-0.1, -0.05) is 18.2 Å². The third-order valence-electron chi connectivity index (χ3n) is 3.47. The van der Waals surface area contributed by atoms with Crippen LogP contribution >= 0.6 is 11.8 Å². The average molecular weight is 342 g/mol. The topological polar surface area (TPSA) is 95.5 Å². The highest BCUT2D eigenvalue weighted by Crippen LogP contribution is 2.36. The van der Waals surface area contributed by atoms with Crippen molar-refractivity contribution in [3.63, 3.8) is 0 Å². The van der Waals surface area contributed by atoms with E-state index in [9.17, 15) is 14.4 Å². The quantitative estimate of drug-likeness (QED) is 0.794. The number of amides is 2. The number of anilines is 2. The van der Waals surface area contributed by atoms with Gasteiger partial charge in [-0.2, -0.15) is 0 Å². The van der Waals surface area contributed by atoms with E-state index >= 15 is 0 Å². The number of benzene rings is 2. The summed E-state index contributed by atoms with van der Waals surface area (Å²) in [5.41, 5.74) is 1.23. The molecule has 122 valence electrons. The van der Waals surface area contributed by atoms with Gasteiger partial charge in [0.1, 0.15) is 0 Å². The predicted molar refractivity (Wildman–Crippen MR) is 91.4 cm³/mol. The van der Waals surface area contributed by atoms with Crippen LogP contribution in [0, 0.1) is 0 Å². The van der Waals surface area contributed by atoms with Crippen LogP contribution in [0.25, 0.3) is 0 Å². The second-order valence-electron chi connectivity index (χ2n) is 5.23. The lowest BCUT2D eigenvalue weighted by Gasteiger charge is -2.23. The van der Waals surface area contributed by atoms with E-state index < -0.39 is 11.2 Å². The summed E-state index contributed by atoms with van der Waals surface area (Å²) in [6, 6.07) is 13.4. The summed E-state index contributed by atoms with van der Waals surface area (Å²) >= 11 is 1.35. The minimum absolute atomic E-state index is 0.00212. The number of carbonyl (C=O) groups is 3. The molecular weight excluding hydrogens is 328 g/mol. The lowest BCUT2D eigenvalue weighted by molar-refractivity contribution is -0.120. The third kappa shape index (κ3) is 3.57. The van der Waals surface area contributed by atoms with Gasteiger partial charge in [-0.05, 0) is 30.3 Å². The largest absolute Gasteiger partial charge is 0.478 e. The number of aromatic carboxylic acids is 1. The molecule has 0 fully saturated rings. The van der Waals surface area contributed by atoms with Crippen LogP contribution < -0.4 is 10.6 Å². The molecule has 0 aromatic heterocycles. The van der Waals surface area contributed by atoms with Gasteiger partial charge < -0.3 is 15.7 Å². The molecule has 1 atom stereocenters. The van der Waals surface area contributed by atoms with Gasteiger partial charge >= 0.3 is 5.97 Å². The van der Waals surface area contributed by atoms with Crippen molar-refractivity contribution in [1.82, 2.24) is 0 Å². The number of rotatable bonds is 4. The highest BCUT2D eigenvalue weighted by atomic mass is 32.2. The molecule has 6 nitrogen and oxygen atoms in total. The van der Waals surface area contributed by atoms with Crippen molar-refractivity contribution in [3.05, 3.63) is 54.1 Å². The molecule has 0 saturated carbocycles. The zero-order chi connectivity index (χ0) is 17.1. The van der Waals surface area contributed by atoms with Crippen LogP contribution in [0.15, 0.2) is 53.4 Å². The number of carbonyl (C=O) groups excluding carboxylic acids is 2. The van der Waals surface area contributed by atoms with Crippen LogP contribution in [0.1, 0.15) is 16.8 Å². The SMILES string of the molecule is O=C(C[C@@H]1Sc2ccccc2NC1=O)Nc1cccc(C(=O)O)c1. The fraction of sp³-hybridized carbons (Fsp3) is 0.118. The van der Waals surface area contributed by atoms with Crippen LogP contribution in [0.5, 0.6) is 0 Å². The minimum Gasteiger partial charge on any atom is -0.478 e. The van der Waals surface area contributed by atoms with Crippen LogP contribution in [0.3, 0.4) is 0 Å². The number of hydrogen-bond donors (Lipinski definition) is 3. The second kappa shape index (κ2) is 6.76. The smallest absolute Gasteiger partial charge is 0.335 e. The minimum atomic E-state index is -1.06. The number of fused-ring (bicyclic) bond motifs is 1. The van der Waals surface area contributed by atoms with Crippen molar-refractivity contribution in [1.29, 1.82) is 0 Å². The maximum Gasteiger partial charge on any atom is 0.335 e. The van der Waals surface area contributed by atoms with Crippen molar-refractivity contribution in [3.8, 4) is 0 Å². The zero-order valence-electron chi connectivity index (χ0n) is 12.5. The van der Waals surface area contributed by atoms with Gasteiger partial charge in [0, 0.05) is 17.0 Å². The first-order valence-electron chi connectivity index (χ1n) is 7.22. The van der Waals surface area contributed by atoms with Gasteiger partial charge in [-0.3, -0.25) is 9.59 Å². The van der Waals surface area contributed by atoms with Crippen molar-refractivity contribution in [2.24, 2.45) is 0 Å². The Bertz CT molecular complexity index is 822. The first kappa shape index (κ1) is 16.1. The van der Waals surface area contributed by atoms with Crippen molar-refractivity contribution >= 4 is 40.9 Å². The molecule has 1 aliphatic rings. The molecule has 0 saturated heterocycles. The lowest BCUT2D eigenvalue weighted by Crippen LogP contribution is -2.32. The van der Waals surface area contributed by atoms with Crippen molar-refractivity contribution in [2.75, 3.05) is 10.6 Å². The molecule has 3 N–H and O–H groups in total. The average Bonchev–Trinajstić information content (AvgIpc) is 2.55. The number of carboxylic acids is 1. The van der Waals surface area contributed by atoms with E-state index in [4.69, 9.17) is 5.11 Å². The summed E-state index contributed by atoms with van der Waals surface area (Å²) in [5, 5.41) is 13.9. The van der Waals surface area contributed by atoms with E-state index in [2.05, 4.69) is 10.6 Å². The van der Waals surface area contributed by atoms with Crippen molar-refractivity contribution in [2.45, 2.75) is 16.6 Å². The molecule has 0 radical (unpaired) electrons. The Morgan fingerprint density at radius 3 is 2.75 bits per heavy atom. The van der Waals surface area contributed by atoms with E-state index in [0.717, 1.165) is 10.6 Å². The Labute approximate surface area is 142 Å². The Morgan fingerprint density at radius 2 is 1.96 bits per heavy atom. The van der Waals surface area contributed by atoms with Crippen LogP contribution in [0.2, 0.25) is 0 Å². The zero-order valence-corrected chi connectivity index (χ0v) is 13.3. The fourth-order valence-electron chi connectivity index (χ4n) is 2.34. The van der Waals surface area contributed by atoms with Gasteiger partial charge in [0.25, 0.3) is 0 Å². The second-order valence-corrected chi connectivity index (χ2v) is 6.47. The molecule has 0 aliphatic carbocycles. The van der Waals surface area contributed by atoms with Crippen LogP contribution in [-0.4, -0.2) is 28.1 Å². The molecule has 0 bridgehead atoms. The van der Waals surface area contributed by atoms with Gasteiger partial charge in [-0.15, -0.1) is 11.8 Å². The molecule has 2 amide bonds. The summed E-state index contributed by atoms with van der Waals surface area (Å²) in [7, 11) is 0. The predicted octanol–water partition coefficient (Wildman–Crippen LogP) is 2.83. The van der Waals surface area contributed by atoms with Gasteiger partial charge in [-0.25, -0.2) is 4.79 Å².